The van der Waals surface area contributed by atoms with Crippen LogP contribution in [0, 0.1) is 12.8 Å². The molecule has 29 heavy (non-hydrogen) atoms. The van der Waals surface area contributed by atoms with Crippen LogP contribution in [-0.2, 0) is 6.54 Å². The quantitative estimate of drug-likeness (QED) is 0.633. The van der Waals surface area contributed by atoms with E-state index in [1.54, 1.807) is 27.5 Å². The molecule has 0 aliphatic carbocycles. The number of anilines is 1. The van der Waals surface area contributed by atoms with Gasteiger partial charge in [0.25, 0.3) is 0 Å². The van der Waals surface area contributed by atoms with Gasteiger partial charge in [0.15, 0.2) is 17.3 Å². The van der Waals surface area contributed by atoms with E-state index in [4.69, 9.17) is 14.2 Å². The number of fused-ring (bicyclic) bond motifs is 1. The maximum Gasteiger partial charge on any atom is 0.204 e. The summed E-state index contributed by atoms with van der Waals surface area (Å²) < 4.78 is 18.9. The Bertz CT molecular complexity index is 1000. The second kappa shape index (κ2) is 8.14. The molecule has 1 atom stereocenters. The van der Waals surface area contributed by atoms with E-state index in [0.29, 0.717) is 23.2 Å². The fraction of sp³-hybridized carbons (Fsp3) is 0.476. The van der Waals surface area contributed by atoms with Gasteiger partial charge in [-0.15, -0.1) is 5.10 Å². The Hall–Kier alpha value is -3.03. The molecule has 0 amide bonds. The first-order valence-corrected chi connectivity index (χ1v) is 9.83. The Morgan fingerprint density at radius 1 is 1.10 bits per heavy atom. The summed E-state index contributed by atoms with van der Waals surface area (Å²) in [5.41, 5.74) is 0. The van der Waals surface area contributed by atoms with E-state index >= 15 is 0 Å². The molecule has 154 valence electrons. The van der Waals surface area contributed by atoms with Crippen LogP contribution in [0.3, 0.4) is 0 Å². The fourth-order valence-electron chi connectivity index (χ4n) is 4.20. The van der Waals surface area contributed by atoms with Gasteiger partial charge in [-0.25, -0.2) is 4.98 Å². The van der Waals surface area contributed by atoms with Gasteiger partial charge in [-0.3, -0.25) is 0 Å². The summed E-state index contributed by atoms with van der Waals surface area (Å²) in [6.07, 6.45) is 7.93. The molecule has 1 aliphatic heterocycles. The van der Waals surface area contributed by atoms with E-state index in [9.17, 15) is 0 Å². The maximum atomic E-state index is 5.64. The van der Waals surface area contributed by atoms with E-state index in [-0.39, 0.29) is 0 Å². The average molecular weight is 397 g/mol. The van der Waals surface area contributed by atoms with Crippen LogP contribution in [0.1, 0.15) is 18.7 Å². The number of nitrogens with zero attached hydrogens (tertiary/aromatic N) is 5. The fourth-order valence-corrected chi connectivity index (χ4v) is 4.20. The number of methoxy groups -OCH3 is 3. The van der Waals surface area contributed by atoms with Crippen molar-refractivity contribution < 1.29 is 14.2 Å². The molecule has 8 heteroatoms. The van der Waals surface area contributed by atoms with Gasteiger partial charge in [0.05, 0.1) is 32.9 Å². The van der Waals surface area contributed by atoms with Crippen molar-refractivity contribution >= 4 is 16.6 Å². The average Bonchev–Trinajstić information content (AvgIpc) is 3.16. The summed E-state index contributed by atoms with van der Waals surface area (Å²) in [6.45, 7) is 4.87. The standard InChI is InChI=1S/C21H27N5O3/c1-14-22-7-9-25(14)12-15-6-5-8-26(13-15)21-16-10-18(27-2)20(29-4)19(28-3)17(16)11-23-24-21/h7,9-11,15H,5-6,8,12-13H2,1-4H3. The van der Waals surface area contributed by atoms with Crippen molar-refractivity contribution in [3.05, 3.63) is 30.5 Å². The monoisotopic (exact) mass is 397 g/mol. The van der Waals surface area contributed by atoms with E-state index in [0.717, 1.165) is 48.5 Å². The molecule has 0 saturated carbocycles. The number of benzene rings is 1. The zero-order chi connectivity index (χ0) is 20.4. The molecular formula is C21H27N5O3. The van der Waals surface area contributed by atoms with Crippen LogP contribution in [0.15, 0.2) is 24.7 Å². The van der Waals surface area contributed by atoms with Gasteiger partial charge >= 0.3 is 0 Å². The van der Waals surface area contributed by atoms with Gasteiger partial charge in [0.1, 0.15) is 5.82 Å². The first kappa shape index (κ1) is 19.3. The first-order valence-electron chi connectivity index (χ1n) is 9.83. The van der Waals surface area contributed by atoms with Crippen molar-refractivity contribution in [2.45, 2.75) is 26.3 Å². The van der Waals surface area contributed by atoms with Gasteiger partial charge in [-0.2, -0.15) is 5.10 Å². The molecule has 2 aromatic heterocycles. The molecule has 0 bridgehead atoms. The minimum absolute atomic E-state index is 0.524. The number of piperidine rings is 1. The van der Waals surface area contributed by atoms with Gasteiger partial charge in [-0.1, -0.05) is 0 Å². The molecule has 3 aromatic rings. The summed E-state index contributed by atoms with van der Waals surface area (Å²) in [5, 5.41) is 10.6. The number of aromatic nitrogens is 4. The number of ether oxygens (including phenoxy) is 3. The highest BCUT2D eigenvalue weighted by molar-refractivity contribution is 5.99. The molecule has 1 aliphatic rings. The van der Waals surface area contributed by atoms with Gasteiger partial charge in [-0.05, 0) is 31.7 Å². The second-order valence-electron chi connectivity index (χ2n) is 7.36. The van der Waals surface area contributed by atoms with E-state index in [1.807, 2.05) is 25.4 Å². The zero-order valence-corrected chi connectivity index (χ0v) is 17.4. The topological polar surface area (TPSA) is 74.5 Å². The maximum absolute atomic E-state index is 5.64. The SMILES string of the molecule is COc1cc2c(N3CCCC(Cn4ccnc4C)C3)nncc2c(OC)c1OC. The predicted molar refractivity (Wildman–Crippen MR) is 111 cm³/mol. The van der Waals surface area contributed by atoms with Gasteiger partial charge in [0.2, 0.25) is 5.75 Å². The molecule has 1 unspecified atom stereocenters. The van der Waals surface area contributed by atoms with Crippen LogP contribution >= 0.6 is 0 Å². The Morgan fingerprint density at radius 2 is 1.93 bits per heavy atom. The Balaban J connectivity index is 1.70. The summed E-state index contributed by atoms with van der Waals surface area (Å²) >= 11 is 0. The van der Waals surface area contributed by atoms with Crippen LogP contribution < -0.4 is 19.1 Å². The molecule has 1 fully saturated rings. The molecule has 0 radical (unpaired) electrons. The van der Waals surface area contributed by atoms with Crippen molar-refractivity contribution in [1.29, 1.82) is 0 Å². The van der Waals surface area contributed by atoms with Gasteiger partial charge in [0, 0.05) is 37.4 Å². The highest BCUT2D eigenvalue weighted by atomic mass is 16.5. The predicted octanol–water partition coefficient (Wildman–Crippen LogP) is 3.08. The molecule has 4 rings (SSSR count). The Labute approximate surface area is 170 Å². The van der Waals surface area contributed by atoms with Gasteiger partial charge < -0.3 is 23.7 Å². The number of rotatable bonds is 6. The minimum Gasteiger partial charge on any atom is -0.493 e. The van der Waals surface area contributed by atoms with Crippen molar-refractivity contribution in [1.82, 2.24) is 19.7 Å². The van der Waals surface area contributed by atoms with Crippen molar-refractivity contribution in [3.63, 3.8) is 0 Å². The molecule has 8 nitrogen and oxygen atoms in total. The Morgan fingerprint density at radius 3 is 2.62 bits per heavy atom. The third-order valence-corrected chi connectivity index (χ3v) is 5.65. The third-order valence-electron chi connectivity index (χ3n) is 5.65. The highest BCUT2D eigenvalue weighted by Crippen LogP contribution is 2.45. The summed E-state index contributed by atoms with van der Waals surface area (Å²) in [6, 6.07) is 1.96. The van der Waals surface area contributed by atoms with E-state index in [1.165, 1.54) is 6.42 Å². The van der Waals surface area contributed by atoms with Crippen LogP contribution in [0.4, 0.5) is 5.82 Å². The lowest BCUT2D eigenvalue weighted by Gasteiger charge is -2.34. The lowest BCUT2D eigenvalue weighted by atomic mass is 9.97. The lowest BCUT2D eigenvalue weighted by molar-refractivity contribution is 0.327. The second-order valence-corrected chi connectivity index (χ2v) is 7.36. The zero-order valence-electron chi connectivity index (χ0n) is 17.4. The molecule has 0 N–H and O–H groups in total. The summed E-state index contributed by atoms with van der Waals surface area (Å²) in [5.74, 6) is 4.22. The molecule has 1 aromatic carbocycles. The number of hydrogen-bond donors (Lipinski definition) is 0. The largest absolute Gasteiger partial charge is 0.493 e. The molecule has 3 heterocycles. The van der Waals surface area contributed by atoms with Crippen LogP contribution in [0.5, 0.6) is 17.2 Å². The number of aryl methyl sites for hydroxylation is 1. The van der Waals surface area contributed by atoms with Crippen molar-refractivity contribution in [2.75, 3.05) is 39.3 Å². The Kier molecular flexibility index (Phi) is 5.42. The molecular weight excluding hydrogens is 370 g/mol. The van der Waals surface area contributed by atoms with Crippen LogP contribution in [0.25, 0.3) is 10.8 Å². The molecule has 1 saturated heterocycles. The normalized spacial score (nSPS) is 16.8. The molecule has 0 spiro atoms. The van der Waals surface area contributed by atoms with E-state index in [2.05, 4.69) is 24.6 Å². The van der Waals surface area contributed by atoms with Crippen LogP contribution in [-0.4, -0.2) is 54.2 Å². The first-order chi connectivity index (χ1) is 14.2. The number of hydrogen-bond acceptors (Lipinski definition) is 7. The van der Waals surface area contributed by atoms with Crippen molar-refractivity contribution in [3.8, 4) is 17.2 Å². The summed E-state index contributed by atoms with van der Waals surface area (Å²) in [7, 11) is 4.86. The minimum atomic E-state index is 0.524. The van der Waals surface area contributed by atoms with E-state index < -0.39 is 0 Å². The third kappa shape index (κ3) is 3.54. The summed E-state index contributed by atoms with van der Waals surface area (Å²) in [4.78, 5) is 6.66. The van der Waals surface area contributed by atoms with Crippen molar-refractivity contribution in [2.24, 2.45) is 5.92 Å². The smallest absolute Gasteiger partial charge is 0.204 e. The lowest BCUT2D eigenvalue weighted by Crippen LogP contribution is -2.37. The number of imidazole rings is 1. The van der Waals surface area contributed by atoms with Crippen LogP contribution in [0.2, 0.25) is 0 Å². The highest BCUT2D eigenvalue weighted by Gasteiger charge is 2.25.